The van der Waals surface area contributed by atoms with Crippen molar-refractivity contribution < 1.29 is 19.1 Å². The van der Waals surface area contributed by atoms with Crippen LogP contribution in [0.25, 0.3) is 0 Å². The fourth-order valence-corrected chi connectivity index (χ4v) is 2.39. The molecule has 2 amide bonds. The Balaban J connectivity index is 1.74. The van der Waals surface area contributed by atoms with Crippen LogP contribution in [-0.2, 0) is 13.1 Å². The lowest BCUT2D eigenvalue weighted by Crippen LogP contribution is -2.34. The number of phenolic OH excluding ortho intramolecular Hbond substituents is 1. The van der Waals surface area contributed by atoms with Crippen LogP contribution in [0.4, 0.5) is 10.5 Å². The van der Waals surface area contributed by atoms with Gasteiger partial charge in [-0.2, -0.15) is 0 Å². The van der Waals surface area contributed by atoms with Crippen LogP contribution in [0.2, 0.25) is 0 Å². The van der Waals surface area contributed by atoms with Gasteiger partial charge in [0.15, 0.2) is 0 Å². The first kappa shape index (κ1) is 17.3. The molecule has 2 N–H and O–H groups in total. The number of hydrogen-bond donors (Lipinski definition) is 2. The zero-order valence-electron chi connectivity index (χ0n) is 14.3. The largest absolute Gasteiger partial charge is 0.508 e. The molecule has 26 heavy (non-hydrogen) atoms. The molecule has 0 aliphatic carbocycles. The number of benzene rings is 1. The predicted octanol–water partition coefficient (Wildman–Crippen LogP) is 3.62. The van der Waals surface area contributed by atoms with Crippen LogP contribution < -0.4 is 10.1 Å². The third-order valence-corrected chi connectivity index (χ3v) is 3.72. The number of aromatic hydroxyl groups is 1. The molecule has 0 aliphatic rings. The summed E-state index contributed by atoms with van der Waals surface area (Å²) in [4.78, 5) is 18.4. The standard InChI is InChI=1S/C19H19N3O4/c1-25-18-9-6-15(11-20-18)21-19(24)22(13-17-3-2-10-26-17)12-14-4-7-16(23)8-5-14/h2-11,23H,12-13H2,1H3,(H,21,24). The molecule has 7 heteroatoms. The van der Waals surface area contributed by atoms with Gasteiger partial charge in [0.1, 0.15) is 11.5 Å². The average Bonchev–Trinajstić information content (AvgIpc) is 3.17. The Morgan fingerprint density at radius 1 is 1.19 bits per heavy atom. The summed E-state index contributed by atoms with van der Waals surface area (Å²) in [5.74, 6) is 1.33. The number of urea groups is 1. The molecular weight excluding hydrogens is 334 g/mol. The van der Waals surface area contributed by atoms with E-state index in [1.165, 1.54) is 13.3 Å². The van der Waals surface area contributed by atoms with Gasteiger partial charge < -0.3 is 24.5 Å². The van der Waals surface area contributed by atoms with Gasteiger partial charge in [-0.15, -0.1) is 0 Å². The van der Waals surface area contributed by atoms with Crippen molar-refractivity contribution in [3.63, 3.8) is 0 Å². The van der Waals surface area contributed by atoms with E-state index in [-0.39, 0.29) is 11.8 Å². The van der Waals surface area contributed by atoms with E-state index in [0.29, 0.717) is 30.4 Å². The van der Waals surface area contributed by atoms with Crippen LogP contribution in [0, 0.1) is 0 Å². The first-order valence-electron chi connectivity index (χ1n) is 8.00. The van der Waals surface area contributed by atoms with E-state index in [1.54, 1.807) is 53.6 Å². The van der Waals surface area contributed by atoms with Crippen molar-refractivity contribution in [1.82, 2.24) is 9.88 Å². The molecule has 0 saturated heterocycles. The highest BCUT2D eigenvalue weighted by Crippen LogP contribution is 2.17. The van der Waals surface area contributed by atoms with E-state index in [2.05, 4.69) is 10.3 Å². The van der Waals surface area contributed by atoms with Gasteiger partial charge in [0.05, 0.1) is 31.8 Å². The average molecular weight is 353 g/mol. The minimum Gasteiger partial charge on any atom is -0.508 e. The van der Waals surface area contributed by atoms with E-state index >= 15 is 0 Å². The van der Waals surface area contributed by atoms with E-state index in [9.17, 15) is 9.90 Å². The molecular formula is C19H19N3O4. The monoisotopic (exact) mass is 353 g/mol. The molecule has 0 spiro atoms. The van der Waals surface area contributed by atoms with Gasteiger partial charge in [0.25, 0.3) is 0 Å². The van der Waals surface area contributed by atoms with Gasteiger partial charge in [-0.1, -0.05) is 12.1 Å². The van der Waals surface area contributed by atoms with Crippen molar-refractivity contribution >= 4 is 11.7 Å². The fourth-order valence-electron chi connectivity index (χ4n) is 2.39. The number of carbonyl (C=O) groups is 1. The van der Waals surface area contributed by atoms with Crippen LogP contribution in [0.15, 0.2) is 65.4 Å². The fraction of sp³-hybridized carbons (Fsp3) is 0.158. The Morgan fingerprint density at radius 3 is 2.62 bits per heavy atom. The van der Waals surface area contributed by atoms with Crippen LogP contribution in [0.3, 0.4) is 0 Å². The summed E-state index contributed by atoms with van der Waals surface area (Å²) in [6.45, 7) is 0.666. The molecule has 0 saturated carbocycles. The summed E-state index contributed by atoms with van der Waals surface area (Å²) in [6.07, 6.45) is 3.10. The highest BCUT2D eigenvalue weighted by molar-refractivity contribution is 5.89. The third kappa shape index (κ3) is 4.54. The molecule has 1 aromatic carbocycles. The summed E-state index contributed by atoms with van der Waals surface area (Å²) in [7, 11) is 1.53. The van der Waals surface area contributed by atoms with E-state index in [0.717, 1.165) is 5.56 Å². The molecule has 0 unspecified atom stereocenters. The number of nitrogens with zero attached hydrogens (tertiary/aromatic N) is 2. The summed E-state index contributed by atoms with van der Waals surface area (Å²) >= 11 is 0. The van der Waals surface area contributed by atoms with E-state index < -0.39 is 0 Å². The highest BCUT2D eigenvalue weighted by atomic mass is 16.5. The highest BCUT2D eigenvalue weighted by Gasteiger charge is 2.16. The first-order valence-corrected chi connectivity index (χ1v) is 8.00. The van der Waals surface area contributed by atoms with Crippen molar-refractivity contribution in [2.45, 2.75) is 13.1 Å². The number of nitrogens with one attached hydrogen (secondary N) is 1. The summed E-state index contributed by atoms with van der Waals surface area (Å²) in [6, 6.07) is 13.4. The van der Waals surface area contributed by atoms with Crippen LogP contribution >= 0.6 is 0 Å². The second-order valence-electron chi connectivity index (χ2n) is 5.62. The Labute approximate surface area is 150 Å². The van der Waals surface area contributed by atoms with Crippen molar-refractivity contribution in [3.05, 3.63) is 72.3 Å². The molecule has 2 aromatic heterocycles. The van der Waals surface area contributed by atoms with Gasteiger partial charge in [-0.25, -0.2) is 9.78 Å². The number of ether oxygens (including phenoxy) is 1. The number of pyridine rings is 1. The lowest BCUT2D eigenvalue weighted by molar-refractivity contribution is 0.201. The molecule has 0 bridgehead atoms. The van der Waals surface area contributed by atoms with Crippen LogP contribution in [0.5, 0.6) is 11.6 Å². The van der Waals surface area contributed by atoms with Gasteiger partial charge in [-0.05, 0) is 35.9 Å². The number of anilines is 1. The zero-order chi connectivity index (χ0) is 18.4. The van der Waals surface area contributed by atoms with E-state index in [4.69, 9.17) is 9.15 Å². The normalized spacial score (nSPS) is 10.3. The number of carbonyl (C=O) groups excluding carboxylic acids is 1. The maximum Gasteiger partial charge on any atom is 0.322 e. The number of methoxy groups -OCH3 is 1. The number of furan rings is 1. The van der Waals surface area contributed by atoms with Gasteiger partial charge in [0, 0.05) is 12.6 Å². The molecule has 0 atom stereocenters. The third-order valence-electron chi connectivity index (χ3n) is 3.72. The topological polar surface area (TPSA) is 87.8 Å². The lowest BCUT2D eigenvalue weighted by Gasteiger charge is -2.22. The molecule has 0 fully saturated rings. The number of amides is 2. The summed E-state index contributed by atoms with van der Waals surface area (Å²) in [5.41, 5.74) is 1.45. The molecule has 134 valence electrons. The Hall–Kier alpha value is -3.48. The maximum absolute atomic E-state index is 12.7. The maximum atomic E-state index is 12.7. The van der Waals surface area contributed by atoms with Gasteiger partial charge >= 0.3 is 6.03 Å². The molecule has 3 aromatic rings. The minimum absolute atomic E-state index is 0.181. The molecule has 7 nitrogen and oxygen atoms in total. The smallest absolute Gasteiger partial charge is 0.322 e. The van der Waals surface area contributed by atoms with Crippen LogP contribution in [0.1, 0.15) is 11.3 Å². The van der Waals surface area contributed by atoms with Crippen molar-refractivity contribution in [1.29, 1.82) is 0 Å². The van der Waals surface area contributed by atoms with Crippen molar-refractivity contribution in [2.24, 2.45) is 0 Å². The number of phenols is 1. The lowest BCUT2D eigenvalue weighted by atomic mass is 10.2. The number of aromatic nitrogens is 1. The zero-order valence-corrected chi connectivity index (χ0v) is 14.3. The van der Waals surface area contributed by atoms with Crippen LogP contribution in [-0.4, -0.2) is 28.1 Å². The van der Waals surface area contributed by atoms with Gasteiger partial charge in [-0.3, -0.25) is 0 Å². The van der Waals surface area contributed by atoms with Gasteiger partial charge in [0.2, 0.25) is 5.88 Å². The molecule has 0 radical (unpaired) electrons. The number of hydrogen-bond acceptors (Lipinski definition) is 5. The molecule has 3 rings (SSSR count). The van der Waals surface area contributed by atoms with Crippen molar-refractivity contribution in [3.8, 4) is 11.6 Å². The summed E-state index contributed by atoms with van der Waals surface area (Å²) < 4.78 is 10.4. The SMILES string of the molecule is COc1ccc(NC(=O)N(Cc2ccc(O)cc2)Cc2ccco2)cn1. The minimum atomic E-state index is -0.290. The second kappa shape index (κ2) is 8.06. The first-order chi connectivity index (χ1) is 12.6. The predicted molar refractivity (Wildman–Crippen MR) is 95.9 cm³/mol. The van der Waals surface area contributed by atoms with Crippen molar-refractivity contribution in [2.75, 3.05) is 12.4 Å². The Kier molecular flexibility index (Phi) is 5.38. The van der Waals surface area contributed by atoms with E-state index in [1.807, 2.05) is 6.07 Å². The Morgan fingerprint density at radius 2 is 2.00 bits per heavy atom. The summed E-state index contributed by atoms with van der Waals surface area (Å²) in [5, 5.41) is 12.2. The quantitative estimate of drug-likeness (QED) is 0.707. The molecule has 2 heterocycles. The number of rotatable bonds is 6. The second-order valence-corrected chi connectivity index (χ2v) is 5.62. The molecule has 0 aliphatic heterocycles. The Bertz CT molecular complexity index is 830.